The van der Waals surface area contributed by atoms with Crippen molar-refractivity contribution in [1.29, 1.82) is 0 Å². The van der Waals surface area contributed by atoms with Crippen molar-refractivity contribution in [3.05, 3.63) is 48.3 Å². The van der Waals surface area contributed by atoms with Gasteiger partial charge in [0.15, 0.2) is 11.2 Å². The molecule has 4 N–H and O–H groups in total. The molecule has 13 heteroatoms. The highest BCUT2D eigenvalue weighted by Gasteiger charge is 2.33. The van der Waals surface area contributed by atoms with E-state index in [4.69, 9.17) is 19.5 Å². The number of nitrogens with zero attached hydrogens (tertiary/aromatic N) is 4. The topological polar surface area (TPSA) is 164 Å². The summed E-state index contributed by atoms with van der Waals surface area (Å²) in [5.41, 5.74) is 7.84. The van der Waals surface area contributed by atoms with Crippen LogP contribution >= 0.6 is 7.75 Å². The van der Waals surface area contributed by atoms with Gasteiger partial charge in [0.05, 0.1) is 26.1 Å². The fourth-order valence-electron chi connectivity index (χ4n) is 3.69. The van der Waals surface area contributed by atoms with Gasteiger partial charge in [-0.05, 0) is 32.4 Å². The second kappa shape index (κ2) is 10.0. The first-order chi connectivity index (χ1) is 16.7. The second-order valence-corrected chi connectivity index (χ2v) is 9.94. The quantitative estimate of drug-likeness (QED) is 0.276. The summed E-state index contributed by atoms with van der Waals surface area (Å²) in [4.78, 5) is 24.0. The fourth-order valence-corrected chi connectivity index (χ4v) is 5.24. The number of imidazole rings is 1. The van der Waals surface area contributed by atoms with Gasteiger partial charge in [-0.3, -0.25) is 9.32 Å². The predicted octanol–water partition coefficient (Wildman–Crippen LogP) is 3.11. The van der Waals surface area contributed by atoms with Crippen LogP contribution in [0.2, 0.25) is 0 Å². The second-order valence-electron chi connectivity index (χ2n) is 8.25. The van der Waals surface area contributed by atoms with Gasteiger partial charge in [-0.2, -0.15) is 15.1 Å². The molecule has 1 aliphatic rings. The maximum atomic E-state index is 13.4. The number of ether oxygens (including phenoxy) is 1. The number of fused-ring (bicyclic) bond motifs is 1. The lowest BCUT2D eigenvalue weighted by molar-refractivity contribution is -0.138. The zero-order valence-electron chi connectivity index (χ0n) is 19.5. The van der Waals surface area contributed by atoms with Crippen molar-refractivity contribution in [2.24, 2.45) is 5.92 Å². The number of rotatable bonds is 10. The fraction of sp³-hybridized carbons (Fsp3) is 0.364. The number of anilines is 1. The van der Waals surface area contributed by atoms with E-state index < -0.39 is 19.8 Å². The lowest BCUT2D eigenvalue weighted by Crippen LogP contribution is -2.33. The summed E-state index contributed by atoms with van der Waals surface area (Å²) >= 11 is 0. The molecule has 2 aromatic heterocycles. The average Bonchev–Trinajstić information content (AvgIpc) is 3.45. The summed E-state index contributed by atoms with van der Waals surface area (Å²) in [6.07, 6.45) is 6.16. The maximum absolute atomic E-state index is 13.4. The molecule has 0 fully saturated rings. The standard InChI is InChI=1S/C22H27N6O6P/c1-13-4-8-17(9-5-13)34-35(31,27-14(2)21(29)30)33-11-15-6-7-16(10-15)28-12-24-18-19(28)25-22(23)26-20(18)32-3/h4-9,12,14-16H,10-11H2,1-3H3,(H,27,31)(H,29,30)(H2,23,25,26)/t14?,15-,16+,35?/m1/s1. The lowest BCUT2D eigenvalue weighted by atomic mass is 10.1. The van der Waals surface area contributed by atoms with E-state index in [1.54, 1.807) is 30.6 Å². The Morgan fingerprint density at radius 3 is 2.74 bits per heavy atom. The molecule has 3 aromatic rings. The number of allylic oxidation sites excluding steroid dienone is 1. The first kappa shape index (κ1) is 24.6. The highest BCUT2D eigenvalue weighted by atomic mass is 31.2. The summed E-state index contributed by atoms with van der Waals surface area (Å²) in [5, 5.41) is 11.8. The zero-order valence-corrected chi connectivity index (χ0v) is 20.4. The van der Waals surface area contributed by atoms with Gasteiger partial charge in [0.2, 0.25) is 11.8 Å². The summed E-state index contributed by atoms with van der Waals surface area (Å²) in [7, 11) is -2.51. The number of carboxylic acids is 1. The number of aliphatic carboxylic acids is 1. The Labute approximate surface area is 201 Å². The normalized spacial score (nSPS) is 20.0. The SMILES string of the molecule is COc1nc(N)nc2c1ncn2[C@H]1C=C[C@@H](COP(=O)(NC(C)C(=O)O)Oc2ccc(C)cc2)C1. The molecule has 4 atom stereocenters. The number of nitrogens with one attached hydrogen (secondary N) is 1. The van der Waals surface area contributed by atoms with Crippen LogP contribution < -0.4 is 20.1 Å². The molecule has 0 saturated carbocycles. The van der Waals surface area contributed by atoms with Crippen molar-refractivity contribution < 1.29 is 28.3 Å². The number of aromatic nitrogens is 4. The third-order valence-electron chi connectivity index (χ3n) is 5.53. The van der Waals surface area contributed by atoms with E-state index in [-0.39, 0.29) is 24.5 Å². The molecular weight excluding hydrogens is 475 g/mol. The van der Waals surface area contributed by atoms with Crippen molar-refractivity contribution in [3.63, 3.8) is 0 Å². The Kier molecular flexibility index (Phi) is 7.06. The van der Waals surface area contributed by atoms with Crippen LogP contribution in [-0.2, 0) is 13.9 Å². The van der Waals surface area contributed by atoms with Crippen LogP contribution in [0.5, 0.6) is 11.6 Å². The molecule has 2 unspecified atom stereocenters. The first-order valence-corrected chi connectivity index (χ1v) is 12.5. The Morgan fingerprint density at radius 1 is 1.31 bits per heavy atom. The Morgan fingerprint density at radius 2 is 2.06 bits per heavy atom. The van der Waals surface area contributed by atoms with Crippen molar-refractivity contribution >= 4 is 30.8 Å². The number of carboxylic acid groups (broad SMARTS) is 1. The lowest BCUT2D eigenvalue weighted by Gasteiger charge is -2.23. The average molecular weight is 502 g/mol. The van der Waals surface area contributed by atoms with Gasteiger partial charge >= 0.3 is 13.7 Å². The molecule has 12 nitrogen and oxygen atoms in total. The van der Waals surface area contributed by atoms with E-state index in [1.807, 2.05) is 23.6 Å². The van der Waals surface area contributed by atoms with E-state index >= 15 is 0 Å². The number of benzene rings is 1. The van der Waals surface area contributed by atoms with E-state index in [2.05, 4.69) is 20.0 Å². The molecule has 35 heavy (non-hydrogen) atoms. The Bertz CT molecular complexity index is 1290. The predicted molar refractivity (Wildman–Crippen MR) is 128 cm³/mol. The van der Waals surface area contributed by atoms with E-state index in [0.29, 0.717) is 29.2 Å². The molecule has 0 aliphatic heterocycles. The van der Waals surface area contributed by atoms with Crippen LogP contribution in [0.15, 0.2) is 42.7 Å². The molecular formula is C22H27N6O6P. The van der Waals surface area contributed by atoms with Crippen LogP contribution in [0, 0.1) is 12.8 Å². The smallest absolute Gasteiger partial charge is 0.459 e. The van der Waals surface area contributed by atoms with Crippen LogP contribution in [0.1, 0.15) is 24.9 Å². The Hall–Kier alpha value is -3.47. The summed E-state index contributed by atoms with van der Waals surface area (Å²) in [5.74, 6) is -0.618. The number of hydrogen-bond acceptors (Lipinski definition) is 9. The van der Waals surface area contributed by atoms with Crippen molar-refractivity contribution in [2.45, 2.75) is 32.4 Å². The van der Waals surface area contributed by atoms with Gasteiger partial charge in [0.1, 0.15) is 11.8 Å². The van der Waals surface area contributed by atoms with Gasteiger partial charge in [-0.15, -0.1) is 0 Å². The number of nitrogens with two attached hydrogens (primary N) is 1. The zero-order chi connectivity index (χ0) is 25.2. The van der Waals surface area contributed by atoms with E-state index in [1.165, 1.54) is 14.0 Å². The summed E-state index contributed by atoms with van der Waals surface area (Å²) in [6.45, 7) is 3.32. The molecule has 0 radical (unpaired) electrons. The van der Waals surface area contributed by atoms with Crippen LogP contribution in [0.4, 0.5) is 5.95 Å². The first-order valence-electron chi connectivity index (χ1n) is 10.9. The number of carbonyl (C=O) groups is 1. The van der Waals surface area contributed by atoms with Crippen molar-refractivity contribution in [1.82, 2.24) is 24.6 Å². The van der Waals surface area contributed by atoms with Gasteiger partial charge in [0.25, 0.3) is 0 Å². The number of methoxy groups -OCH3 is 1. The third kappa shape index (κ3) is 5.61. The monoisotopic (exact) mass is 502 g/mol. The van der Waals surface area contributed by atoms with Gasteiger partial charge in [-0.1, -0.05) is 29.8 Å². The number of nitrogen functional groups attached to an aromatic ring is 1. The summed E-state index contributed by atoms with van der Waals surface area (Å²) in [6, 6.07) is 5.65. The van der Waals surface area contributed by atoms with Crippen molar-refractivity contribution in [3.8, 4) is 11.6 Å². The van der Waals surface area contributed by atoms with E-state index in [0.717, 1.165) is 5.56 Å². The van der Waals surface area contributed by atoms with Gasteiger partial charge < -0.3 is 24.7 Å². The highest BCUT2D eigenvalue weighted by Crippen LogP contribution is 2.46. The minimum atomic E-state index is -3.99. The highest BCUT2D eigenvalue weighted by molar-refractivity contribution is 7.52. The minimum Gasteiger partial charge on any atom is -0.480 e. The van der Waals surface area contributed by atoms with Crippen LogP contribution in [-0.4, -0.2) is 50.4 Å². The number of hydrogen-bond donors (Lipinski definition) is 3. The molecule has 4 rings (SSSR count). The third-order valence-corrected chi connectivity index (χ3v) is 7.18. The molecule has 0 amide bonds. The molecule has 0 saturated heterocycles. The molecule has 0 spiro atoms. The Balaban J connectivity index is 1.46. The van der Waals surface area contributed by atoms with E-state index in [9.17, 15) is 14.5 Å². The largest absolute Gasteiger partial charge is 0.480 e. The van der Waals surface area contributed by atoms with Gasteiger partial charge in [-0.25, -0.2) is 9.55 Å². The molecule has 2 heterocycles. The minimum absolute atomic E-state index is 0.0442. The molecule has 186 valence electrons. The van der Waals surface area contributed by atoms with Crippen LogP contribution in [0.3, 0.4) is 0 Å². The molecule has 0 bridgehead atoms. The summed E-state index contributed by atoms with van der Waals surface area (Å²) < 4.78 is 31.8. The van der Waals surface area contributed by atoms with Crippen LogP contribution in [0.25, 0.3) is 11.2 Å². The number of aryl methyl sites for hydroxylation is 1. The molecule has 1 aliphatic carbocycles. The van der Waals surface area contributed by atoms with Crippen molar-refractivity contribution in [2.75, 3.05) is 19.5 Å². The van der Waals surface area contributed by atoms with Gasteiger partial charge in [0, 0.05) is 5.92 Å². The molecule has 1 aromatic carbocycles. The maximum Gasteiger partial charge on any atom is 0.459 e.